The molecule has 2 aliphatic heterocycles. The molecule has 0 unspecified atom stereocenters. The topological polar surface area (TPSA) is 19.4 Å². The number of benzene rings is 1. The van der Waals surface area contributed by atoms with Crippen molar-refractivity contribution in [2.45, 2.75) is 26.2 Å². The molecule has 0 N–H and O–H groups in total. The SMILES string of the molecule is Cc1cccc(N2CCC(CN3CCc4ccccc43)CC2)n1. The minimum atomic E-state index is 0.808. The third kappa shape index (κ3) is 3.05. The van der Waals surface area contributed by atoms with Crippen LogP contribution in [0.3, 0.4) is 0 Å². The van der Waals surface area contributed by atoms with Crippen molar-refractivity contribution in [3.8, 4) is 0 Å². The van der Waals surface area contributed by atoms with Gasteiger partial charge < -0.3 is 9.80 Å². The summed E-state index contributed by atoms with van der Waals surface area (Å²) in [6.45, 7) is 6.75. The molecule has 0 amide bonds. The lowest BCUT2D eigenvalue weighted by molar-refractivity contribution is 0.404. The fourth-order valence-electron chi connectivity index (χ4n) is 3.96. The van der Waals surface area contributed by atoms with Crippen LogP contribution in [0.15, 0.2) is 42.5 Å². The molecule has 23 heavy (non-hydrogen) atoms. The van der Waals surface area contributed by atoms with E-state index in [-0.39, 0.29) is 0 Å². The van der Waals surface area contributed by atoms with E-state index in [4.69, 9.17) is 0 Å². The van der Waals surface area contributed by atoms with Gasteiger partial charge in [-0.2, -0.15) is 0 Å². The van der Waals surface area contributed by atoms with E-state index in [9.17, 15) is 0 Å². The maximum atomic E-state index is 4.67. The minimum absolute atomic E-state index is 0.808. The van der Waals surface area contributed by atoms with Crippen LogP contribution in [0.4, 0.5) is 11.5 Å². The van der Waals surface area contributed by atoms with Crippen molar-refractivity contribution < 1.29 is 0 Å². The summed E-state index contributed by atoms with van der Waals surface area (Å²) in [5.74, 6) is 1.96. The highest BCUT2D eigenvalue weighted by molar-refractivity contribution is 5.57. The fourth-order valence-corrected chi connectivity index (χ4v) is 3.96. The van der Waals surface area contributed by atoms with E-state index in [2.05, 4.69) is 64.2 Å². The highest BCUT2D eigenvalue weighted by Crippen LogP contribution is 2.30. The maximum Gasteiger partial charge on any atom is 0.128 e. The van der Waals surface area contributed by atoms with Crippen LogP contribution in [0.1, 0.15) is 24.1 Å². The van der Waals surface area contributed by atoms with Crippen LogP contribution >= 0.6 is 0 Å². The average molecular weight is 307 g/mol. The molecule has 0 saturated carbocycles. The van der Waals surface area contributed by atoms with E-state index in [1.54, 1.807) is 0 Å². The third-order valence-corrected chi connectivity index (χ3v) is 5.27. The first kappa shape index (κ1) is 14.6. The molecule has 2 aromatic rings. The van der Waals surface area contributed by atoms with E-state index >= 15 is 0 Å². The summed E-state index contributed by atoms with van der Waals surface area (Å²) in [7, 11) is 0. The quantitative estimate of drug-likeness (QED) is 0.862. The Bertz CT molecular complexity index is 674. The number of para-hydroxylation sites is 1. The van der Waals surface area contributed by atoms with Gasteiger partial charge in [-0.1, -0.05) is 24.3 Å². The lowest BCUT2D eigenvalue weighted by Gasteiger charge is -2.35. The molecule has 0 atom stereocenters. The summed E-state index contributed by atoms with van der Waals surface area (Å²) in [5, 5.41) is 0. The summed E-state index contributed by atoms with van der Waals surface area (Å²) in [5.41, 5.74) is 4.10. The van der Waals surface area contributed by atoms with Crippen molar-refractivity contribution in [2.75, 3.05) is 36.0 Å². The number of hydrogen-bond donors (Lipinski definition) is 0. The van der Waals surface area contributed by atoms with Gasteiger partial charge >= 0.3 is 0 Å². The number of rotatable bonds is 3. The average Bonchev–Trinajstić information content (AvgIpc) is 2.99. The number of pyridine rings is 1. The van der Waals surface area contributed by atoms with Gasteiger partial charge in [-0.05, 0) is 55.9 Å². The highest BCUT2D eigenvalue weighted by Gasteiger charge is 2.25. The molecule has 0 bridgehead atoms. The van der Waals surface area contributed by atoms with Gasteiger partial charge in [-0.3, -0.25) is 0 Å². The number of aromatic nitrogens is 1. The summed E-state index contributed by atoms with van der Waals surface area (Å²) < 4.78 is 0. The first-order chi connectivity index (χ1) is 11.3. The molecule has 0 aliphatic carbocycles. The second-order valence-corrected chi connectivity index (χ2v) is 6.89. The third-order valence-electron chi connectivity index (χ3n) is 5.27. The van der Waals surface area contributed by atoms with Gasteiger partial charge in [-0.25, -0.2) is 4.98 Å². The minimum Gasteiger partial charge on any atom is -0.371 e. The Balaban J connectivity index is 1.36. The fraction of sp³-hybridized carbons (Fsp3) is 0.450. The molecule has 4 rings (SSSR count). The summed E-state index contributed by atoms with van der Waals surface area (Å²) in [6, 6.07) is 15.2. The Morgan fingerprint density at radius 1 is 1.00 bits per heavy atom. The van der Waals surface area contributed by atoms with Gasteiger partial charge in [0.2, 0.25) is 0 Å². The van der Waals surface area contributed by atoms with Crippen molar-refractivity contribution in [3.05, 3.63) is 53.7 Å². The molecule has 3 nitrogen and oxygen atoms in total. The van der Waals surface area contributed by atoms with Crippen molar-refractivity contribution in [1.82, 2.24) is 4.98 Å². The molecule has 1 fully saturated rings. The van der Waals surface area contributed by atoms with E-state index in [1.165, 1.54) is 43.6 Å². The molecule has 3 heterocycles. The molecule has 3 heteroatoms. The highest BCUT2D eigenvalue weighted by atomic mass is 15.2. The Kier molecular flexibility index (Phi) is 3.94. The number of hydrogen-bond acceptors (Lipinski definition) is 3. The Labute approximate surface area is 139 Å². The first-order valence-corrected chi connectivity index (χ1v) is 8.81. The Hall–Kier alpha value is -2.03. The largest absolute Gasteiger partial charge is 0.371 e. The van der Waals surface area contributed by atoms with Gasteiger partial charge in [0.1, 0.15) is 5.82 Å². The lowest BCUT2D eigenvalue weighted by atomic mass is 9.96. The van der Waals surface area contributed by atoms with Gasteiger partial charge in [-0.15, -0.1) is 0 Å². The predicted molar refractivity (Wildman–Crippen MR) is 96.3 cm³/mol. The van der Waals surface area contributed by atoms with Crippen LogP contribution < -0.4 is 9.80 Å². The lowest BCUT2D eigenvalue weighted by Crippen LogP contribution is -2.38. The summed E-state index contributed by atoms with van der Waals surface area (Å²) in [6.07, 6.45) is 3.75. The van der Waals surface area contributed by atoms with E-state index in [0.29, 0.717) is 0 Å². The summed E-state index contributed by atoms with van der Waals surface area (Å²) >= 11 is 0. The molecule has 0 spiro atoms. The second kappa shape index (κ2) is 6.23. The smallest absolute Gasteiger partial charge is 0.128 e. The van der Waals surface area contributed by atoms with Crippen molar-refractivity contribution >= 4 is 11.5 Å². The Morgan fingerprint density at radius 3 is 2.65 bits per heavy atom. The van der Waals surface area contributed by atoms with E-state index in [1.807, 2.05) is 0 Å². The monoisotopic (exact) mass is 307 g/mol. The van der Waals surface area contributed by atoms with Crippen LogP contribution in [-0.4, -0.2) is 31.2 Å². The zero-order valence-corrected chi connectivity index (χ0v) is 13.9. The normalized spacial score (nSPS) is 18.3. The number of nitrogens with zero attached hydrogens (tertiary/aromatic N) is 3. The van der Waals surface area contributed by atoms with Crippen molar-refractivity contribution in [1.29, 1.82) is 0 Å². The van der Waals surface area contributed by atoms with Crippen LogP contribution in [0.5, 0.6) is 0 Å². The zero-order valence-electron chi connectivity index (χ0n) is 13.9. The second-order valence-electron chi connectivity index (χ2n) is 6.89. The first-order valence-electron chi connectivity index (χ1n) is 8.81. The van der Waals surface area contributed by atoms with E-state index < -0.39 is 0 Å². The zero-order chi connectivity index (χ0) is 15.6. The number of aryl methyl sites for hydroxylation is 1. The van der Waals surface area contributed by atoms with Crippen LogP contribution in [-0.2, 0) is 6.42 Å². The van der Waals surface area contributed by atoms with Gasteiger partial charge in [0, 0.05) is 37.6 Å². The maximum absolute atomic E-state index is 4.67. The molecule has 120 valence electrons. The van der Waals surface area contributed by atoms with Crippen LogP contribution in [0, 0.1) is 12.8 Å². The predicted octanol–water partition coefficient (Wildman–Crippen LogP) is 3.67. The molecular formula is C20H25N3. The van der Waals surface area contributed by atoms with Gasteiger partial charge in [0.25, 0.3) is 0 Å². The van der Waals surface area contributed by atoms with Crippen LogP contribution in [0.25, 0.3) is 0 Å². The van der Waals surface area contributed by atoms with Crippen molar-refractivity contribution in [2.24, 2.45) is 5.92 Å². The van der Waals surface area contributed by atoms with E-state index in [0.717, 1.165) is 30.5 Å². The number of anilines is 2. The number of piperidine rings is 1. The molecule has 2 aliphatic rings. The van der Waals surface area contributed by atoms with Crippen LogP contribution in [0.2, 0.25) is 0 Å². The number of fused-ring (bicyclic) bond motifs is 1. The summed E-state index contributed by atoms with van der Waals surface area (Å²) in [4.78, 5) is 9.71. The molecule has 1 saturated heterocycles. The Morgan fingerprint density at radius 2 is 1.83 bits per heavy atom. The molecular weight excluding hydrogens is 282 g/mol. The van der Waals surface area contributed by atoms with Crippen molar-refractivity contribution in [3.63, 3.8) is 0 Å². The van der Waals surface area contributed by atoms with Gasteiger partial charge in [0.15, 0.2) is 0 Å². The molecule has 0 radical (unpaired) electrons. The van der Waals surface area contributed by atoms with Gasteiger partial charge in [0.05, 0.1) is 0 Å². The standard InChI is InChI=1S/C20H25N3/c1-16-5-4-8-20(21-16)22-12-9-17(10-13-22)15-23-14-11-18-6-2-3-7-19(18)23/h2-8,17H,9-15H2,1H3. The molecule has 1 aromatic heterocycles. The molecule has 1 aromatic carbocycles.